The van der Waals surface area contributed by atoms with Crippen molar-refractivity contribution in [2.75, 3.05) is 0 Å². The first-order chi connectivity index (χ1) is 24.7. The molecule has 0 bridgehead atoms. The van der Waals surface area contributed by atoms with Gasteiger partial charge in [0.2, 0.25) is 0 Å². The number of hydrogen-bond donors (Lipinski definition) is 0. The van der Waals surface area contributed by atoms with E-state index in [4.69, 9.17) is 29.4 Å². The van der Waals surface area contributed by atoms with E-state index in [9.17, 15) is 0 Å². The van der Waals surface area contributed by atoms with Crippen molar-refractivity contribution < 1.29 is 4.42 Å². The first-order valence-corrected chi connectivity index (χ1v) is 17.0. The van der Waals surface area contributed by atoms with Crippen LogP contribution in [0, 0.1) is 0 Å². The number of hydrogen-bond acceptors (Lipinski definition) is 6. The van der Waals surface area contributed by atoms with E-state index in [1.807, 2.05) is 121 Å². The van der Waals surface area contributed by atoms with Crippen LogP contribution in [-0.4, -0.2) is 27.0 Å². The van der Waals surface area contributed by atoms with E-state index in [1.165, 1.54) is 14.8 Å². The molecule has 3 aromatic heterocycles. The second kappa shape index (κ2) is 12.8. The first-order valence-electron chi connectivity index (χ1n) is 16.2. The Morgan fingerprint density at radius 2 is 1.18 bits per heavy atom. The average molecular weight is 662 g/mol. The molecule has 50 heavy (non-hydrogen) atoms. The van der Waals surface area contributed by atoms with Gasteiger partial charge in [0.1, 0.15) is 17.5 Å². The zero-order chi connectivity index (χ0) is 33.3. The second-order valence-electron chi connectivity index (χ2n) is 11.8. The van der Waals surface area contributed by atoms with Gasteiger partial charge >= 0.3 is 0 Å². The van der Waals surface area contributed by atoms with Gasteiger partial charge < -0.3 is 4.42 Å². The molecule has 0 amide bonds. The number of amidine groups is 1. The summed E-state index contributed by atoms with van der Waals surface area (Å²) >= 11 is 1.76. The van der Waals surface area contributed by atoms with Crippen LogP contribution in [0.2, 0.25) is 0 Å². The van der Waals surface area contributed by atoms with Gasteiger partial charge in [-0.2, -0.15) is 0 Å². The predicted molar refractivity (Wildman–Crippen MR) is 205 cm³/mol. The maximum absolute atomic E-state index is 5.75. The van der Waals surface area contributed by atoms with Crippen molar-refractivity contribution >= 4 is 60.2 Å². The largest absolute Gasteiger partial charge is 0.462 e. The third-order valence-electron chi connectivity index (χ3n) is 8.51. The number of fused-ring (bicyclic) bond motifs is 4. The standard InChI is InChI=1S/C43H27N5OS/c1-4-12-29(13-5-1)40(45-36-27-49-37-19-11-10-18-34(36)37)44-26-28-20-22-33-35-25-32(21-23-38(35)50-39(33)24-28)43-47-41(30-14-6-2-7-15-30)46-42(48-43)31-16-8-3-9-17-31/h1-27H. The molecular formula is C43H27N5OS. The number of aromatic nitrogens is 3. The highest BCUT2D eigenvalue weighted by molar-refractivity contribution is 7.25. The van der Waals surface area contributed by atoms with E-state index in [2.05, 4.69) is 36.4 Å². The summed E-state index contributed by atoms with van der Waals surface area (Å²) in [6.45, 7) is 0. The Hall–Kier alpha value is -6.57. The van der Waals surface area contributed by atoms with E-state index in [-0.39, 0.29) is 0 Å². The van der Waals surface area contributed by atoms with Crippen molar-refractivity contribution in [3.63, 3.8) is 0 Å². The molecule has 7 heteroatoms. The number of thiophene rings is 1. The topological polar surface area (TPSA) is 76.5 Å². The number of rotatable bonds is 6. The SMILES string of the molecule is C(=NC(=Nc1coc2ccccc12)c1ccccc1)c1ccc2c(c1)sc1ccc(-c3nc(-c4ccccc4)nc(-c4ccccc4)n3)cc12. The summed E-state index contributed by atoms with van der Waals surface area (Å²) in [5.41, 5.74) is 6.29. The molecule has 0 atom stereocenters. The minimum atomic E-state index is 0.611. The third kappa shape index (κ3) is 5.76. The molecule has 0 aliphatic heterocycles. The molecule has 6 aromatic carbocycles. The van der Waals surface area contributed by atoms with Crippen molar-refractivity contribution in [1.29, 1.82) is 0 Å². The van der Waals surface area contributed by atoms with Crippen LogP contribution in [0.3, 0.4) is 0 Å². The lowest BCUT2D eigenvalue weighted by Gasteiger charge is -2.08. The molecule has 0 N–H and O–H groups in total. The van der Waals surface area contributed by atoms with E-state index >= 15 is 0 Å². The fourth-order valence-corrected chi connectivity index (χ4v) is 7.14. The zero-order valence-electron chi connectivity index (χ0n) is 26.6. The number of benzene rings is 6. The third-order valence-corrected chi connectivity index (χ3v) is 9.64. The molecule has 9 rings (SSSR count). The lowest BCUT2D eigenvalue weighted by atomic mass is 10.1. The van der Waals surface area contributed by atoms with E-state index in [0.717, 1.165) is 49.9 Å². The summed E-state index contributed by atoms with van der Waals surface area (Å²) in [5, 5.41) is 3.28. The maximum atomic E-state index is 5.75. The van der Waals surface area contributed by atoms with Crippen LogP contribution in [0.1, 0.15) is 11.1 Å². The number of furan rings is 1. The summed E-state index contributed by atoms with van der Waals surface area (Å²) in [5.74, 6) is 2.54. The molecule has 0 saturated heterocycles. The highest BCUT2D eigenvalue weighted by atomic mass is 32.1. The molecule has 0 unspecified atom stereocenters. The molecule has 9 aromatic rings. The van der Waals surface area contributed by atoms with Crippen molar-refractivity contribution in [2.24, 2.45) is 9.98 Å². The van der Waals surface area contributed by atoms with Gasteiger partial charge in [0, 0.05) is 54.0 Å². The van der Waals surface area contributed by atoms with Crippen molar-refractivity contribution in [2.45, 2.75) is 0 Å². The van der Waals surface area contributed by atoms with E-state index < -0.39 is 0 Å². The van der Waals surface area contributed by atoms with Gasteiger partial charge in [0.15, 0.2) is 23.3 Å². The van der Waals surface area contributed by atoms with Gasteiger partial charge in [-0.25, -0.2) is 24.9 Å². The van der Waals surface area contributed by atoms with Crippen molar-refractivity contribution in [1.82, 2.24) is 15.0 Å². The molecule has 6 nitrogen and oxygen atoms in total. The van der Waals surface area contributed by atoms with Gasteiger partial charge in [-0.1, -0.05) is 115 Å². The summed E-state index contributed by atoms with van der Waals surface area (Å²) < 4.78 is 8.11. The molecule has 3 heterocycles. The van der Waals surface area contributed by atoms with Gasteiger partial charge in [0.05, 0.1) is 0 Å². The lowest BCUT2D eigenvalue weighted by molar-refractivity contribution is 0.616. The Bertz CT molecular complexity index is 2640. The molecular weight excluding hydrogens is 635 g/mol. The summed E-state index contributed by atoms with van der Waals surface area (Å²) in [4.78, 5) is 24.6. The quantitative estimate of drug-likeness (QED) is 0.131. The number of aliphatic imine (C=N–C) groups is 2. The highest BCUT2D eigenvalue weighted by Crippen LogP contribution is 2.37. The summed E-state index contributed by atoms with van der Waals surface area (Å²) in [7, 11) is 0. The zero-order valence-corrected chi connectivity index (χ0v) is 27.5. The molecule has 236 valence electrons. The normalized spacial score (nSPS) is 12.0. The van der Waals surface area contributed by atoms with Crippen molar-refractivity contribution in [3.05, 3.63) is 169 Å². The number of para-hydroxylation sites is 1. The Kier molecular flexibility index (Phi) is 7.57. The minimum Gasteiger partial charge on any atom is -0.462 e. The predicted octanol–water partition coefficient (Wildman–Crippen LogP) is 11.2. The van der Waals surface area contributed by atoms with Crippen LogP contribution >= 0.6 is 11.3 Å². The lowest BCUT2D eigenvalue weighted by Crippen LogP contribution is -2.00. The van der Waals surface area contributed by atoms with Crippen LogP contribution in [0.25, 0.3) is 65.3 Å². The molecule has 0 radical (unpaired) electrons. The van der Waals surface area contributed by atoms with Crippen LogP contribution < -0.4 is 0 Å². The highest BCUT2D eigenvalue weighted by Gasteiger charge is 2.14. The fourth-order valence-electron chi connectivity index (χ4n) is 6.01. The summed E-state index contributed by atoms with van der Waals surface area (Å²) in [6, 6.07) is 50.9. The maximum Gasteiger partial charge on any atom is 0.164 e. The van der Waals surface area contributed by atoms with Gasteiger partial charge in [0.25, 0.3) is 0 Å². The first kappa shape index (κ1) is 29.6. The van der Waals surface area contributed by atoms with Gasteiger partial charge in [-0.05, 0) is 42.0 Å². The van der Waals surface area contributed by atoms with Crippen LogP contribution in [0.15, 0.2) is 172 Å². The Labute approximate surface area is 291 Å². The molecule has 0 fully saturated rings. The fraction of sp³-hybridized carbons (Fsp3) is 0. The van der Waals surface area contributed by atoms with Crippen LogP contribution in [-0.2, 0) is 0 Å². The van der Waals surface area contributed by atoms with Crippen molar-refractivity contribution in [3.8, 4) is 34.2 Å². The Balaban J connectivity index is 1.09. The Morgan fingerprint density at radius 1 is 0.540 bits per heavy atom. The monoisotopic (exact) mass is 661 g/mol. The molecule has 0 aliphatic rings. The molecule has 0 aliphatic carbocycles. The van der Waals surface area contributed by atoms with Gasteiger partial charge in [-0.3, -0.25) is 0 Å². The number of nitrogens with zero attached hydrogens (tertiary/aromatic N) is 5. The average Bonchev–Trinajstić information content (AvgIpc) is 3.77. The molecule has 0 saturated carbocycles. The van der Waals surface area contributed by atoms with Gasteiger partial charge in [-0.15, -0.1) is 11.3 Å². The molecule has 0 spiro atoms. The smallest absolute Gasteiger partial charge is 0.164 e. The van der Waals surface area contributed by atoms with E-state index in [0.29, 0.717) is 23.3 Å². The van der Waals surface area contributed by atoms with Crippen LogP contribution in [0.5, 0.6) is 0 Å². The second-order valence-corrected chi connectivity index (χ2v) is 12.9. The minimum absolute atomic E-state index is 0.611. The van der Waals surface area contributed by atoms with Crippen LogP contribution in [0.4, 0.5) is 5.69 Å². The summed E-state index contributed by atoms with van der Waals surface area (Å²) in [6.07, 6.45) is 3.56. The Morgan fingerprint density at radius 3 is 1.90 bits per heavy atom. The van der Waals surface area contributed by atoms with E-state index in [1.54, 1.807) is 17.6 Å².